The number of nitrogens with two attached hydrogens (primary N) is 1. The van der Waals surface area contributed by atoms with Crippen LogP contribution in [0.1, 0.15) is 26.7 Å². The van der Waals surface area contributed by atoms with Gasteiger partial charge in [-0.1, -0.05) is 6.92 Å². The number of likely N-dealkylation sites (tertiary alicyclic amines) is 1. The Morgan fingerprint density at radius 3 is 2.40 bits per heavy atom. The predicted octanol–water partition coefficient (Wildman–Crippen LogP) is 0.997. The quantitative estimate of drug-likeness (QED) is 0.714. The fourth-order valence-electron chi connectivity index (χ4n) is 2.07. The lowest BCUT2D eigenvalue weighted by molar-refractivity contribution is 0.227. The van der Waals surface area contributed by atoms with E-state index < -0.39 is 0 Å². The van der Waals surface area contributed by atoms with Gasteiger partial charge in [-0.25, -0.2) is 0 Å². The highest BCUT2D eigenvalue weighted by Gasteiger charge is 2.14. The molecule has 1 aliphatic rings. The van der Waals surface area contributed by atoms with Gasteiger partial charge in [-0.05, 0) is 45.8 Å². The van der Waals surface area contributed by atoms with Crippen LogP contribution < -0.4 is 5.73 Å². The van der Waals surface area contributed by atoms with Crippen LogP contribution >= 0.6 is 0 Å². The van der Waals surface area contributed by atoms with Gasteiger partial charge in [-0.15, -0.1) is 0 Å². The lowest BCUT2D eigenvalue weighted by atomic mass is 10.0. The number of hydrogen-bond acceptors (Lipinski definition) is 3. The fourth-order valence-corrected chi connectivity index (χ4v) is 2.07. The van der Waals surface area contributed by atoms with Gasteiger partial charge in [-0.3, -0.25) is 0 Å². The van der Waals surface area contributed by atoms with Crippen molar-refractivity contribution in [2.75, 3.05) is 39.8 Å². The summed E-state index contributed by atoms with van der Waals surface area (Å²) < 4.78 is 0. The Morgan fingerprint density at radius 1 is 1.27 bits per heavy atom. The molecule has 0 aromatic rings. The highest BCUT2D eigenvalue weighted by molar-refractivity contribution is 4.70. The SMILES string of the molecule is CC(N)C(C)CN(C)CCN1CCCC1. The summed E-state index contributed by atoms with van der Waals surface area (Å²) in [6, 6.07) is 0.305. The molecule has 0 aliphatic carbocycles. The van der Waals surface area contributed by atoms with Gasteiger partial charge in [0.2, 0.25) is 0 Å². The molecular formula is C12H27N3. The summed E-state index contributed by atoms with van der Waals surface area (Å²) in [5.74, 6) is 0.591. The number of nitrogens with zero attached hydrogens (tertiary/aromatic N) is 2. The van der Waals surface area contributed by atoms with Crippen LogP contribution in [0.3, 0.4) is 0 Å². The number of likely N-dealkylation sites (N-methyl/N-ethyl adjacent to an activating group) is 1. The average Bonchev–Trinajstić information content (AvgIpc) is 2.66. The Hall–Kier alpha value is -0.120. The first-order valence-corrected chi connectivity index (χ1v) is 6.26. The first kappa shape index (κ1) is 12.9. The fraction of sp³-hybridized carbons (Fsp3) is 1.00. The van der Waals surface area contributed by atoms with E-state index in [1.54, 1.807) is 0 Å². The van der Waals surface area contributed by atoms with Crippen molar-refractivity contribution in [2.24, 2.45) is 11.7 Å². The predicted molar refractivity (Wildman–Crippen MR) is 66.0 cm³/mol. The Balaban J connectivity index is 2.09. The number of hydrogen-bond donors (Lipinski definition) is 1. The molecule has 0 radical (unpaired) electrons. The Labute approximate surface area is 94.6 Å². The molecule has 3 nitrogen and oxygen atoms in total. The third-order valence-corrected chi connectivity index (χ3v) is 3.49. The van der Waals surface area contributed by atoms with Gasteiger partial charge in [0.1, 0.15) is 0 Å². The van der Waals surface area contributed by atoms with Gasteiger partial charge < -0.3 is 15.5 Å². The van der Waals surface area contributed by atoms with Gasteiger partial charge in [0.25, 0.3) is 0 Å². The molecule has 0 spiro atoms. The summed E-state index contributed by atoms with van der Waals surface area (Å²) >= 11 is 0. The molecule has 90 valence electrons. The molecular weight excluding hydrogens is 186 g/mol. The summed E-state index contributed by atoms with van der Waals surface area (Å²) in [7, 11) is 2.20. The minimum absolute atomic E-state index is 0.305. The highest BCUT2D eigenvalue weighted by Crippen LogP contribution is 2.07. The van der Waals surface area contributed by atoms with Crippen molar-refractivity contribution in [1.29, 1.82) is 0 Å². The molecule has 2 atom stereocenters. The molecule has 0 bridgehead atoms. The molecule has 1 rings (SSSR count). The van der Waals surface area contributed by atoms with Crippen molar-refractivity contribution < 1.29 is 0 Å². The normalized spacial score (nSPS) is 22.2. The van der Waals surface area contributed by atoms with Crippen LogP contribution in [0, 0.1) is 5.92 Å². The van der Waals surface area contributed by atoms with Crippen molar-refractivity contribution in [3.63, 3.8) is 0 Å². The van der Waals surface area contributed by atoms with E-state index >= 15 is 0 Å². The van der Waals surface area contributed by atoms with E-state index in [-0.39, 0.29) is 0 Å². The van der Waals surface area contributed by atoms with Gasteiger partial charge in [0.05, 0.1) is 0 Å². The molecule has 1 heterocycles. The summed E-state index contributed by atoms with van der Waals surface area (Å²) in [6.45, 7) is 10.5. The average molecular weight is 213 g/mol. The summed E-state index contributed by atoms with van der Waals surface area (Å²) in [5.41, 5.74) is 5.87. The van der Waals surface area contributed by atoms with E-state index in [2.05, 4.69) is 30.7 Å². The van der Waals surface area contributed by atoms with Crippen LogP contribution in [0.5, 0.6) is 0 Å². The van der Waals surface area contributed by atoms with Crippen LogP contribution in [0.2, 0.25) is 0 Å². The zero-order valence-electron chi connectivity index (χ0n) is 10.6. The summed E-state index contributed by atoms with van der Waals surface area (Å²) in [5, 5.41) is 0. The van der Waals surface area contributed by atoms with E-state index in [0.29, 0.717) is 12.0 Å². The molecule has 1 aliphatic heterocycles. The molecule has 0 amide bonds. The maximum Gasteiger partial charge on any atom is 0.0109 e. The topological polar surface area (TPSA) is 32.5 Å². The maximum atomic E-state index is 5.87. The first-order valence-electron chi connectivity index (χ1n) is 6.26. The lowest BCUT2D eigenvalue weighted by Gasteiger charge is -2.25. The van der Waals surface area contributed by atoms with E-state index in [0.717, 1.165) is 6.54 Å². The van der Waals surface area contributed by atoms with Crippen molar-refractivity contribution in [3.05, 3.63) is 0 Å². The van der Waals surface area contributed by atoms with Crippen LogP contribution in [0.25, 0.3) is 0 Å². The van der Waals surface area contributed by atoms with E-state index in [9.17, 15) is 0 Å². The van der Waals surface area contributed by atoms with Crippen molar-refractivity contribution in [1.82, 2.24) is 9.80 Å². The van der Waals surface area contributed by atoms with Crippen molar-refractivity contribution in [3.8, 4) is 0 Å². The van der Waals surface area contributed by atoms with Crippen molar-refractivity contribution >= 4 is 0 Å². The molecule has 3 heteroatoms. The van der Waals surface area contributed by atoms with Gasteiger partial charge in [-0.2, -0.15) is 0 Å². The third kappa shape index (κ3) is 4.96. The molecule has 2 unspecified atom stereocenters. The van der Waals surface area contributed by atoms with Gasteiger partial charge in [0, 0.05) is 25.7 Å². The largest absolute Gasteiger partial charge is 0.328 e. The monoisotopic (exact) mass is 213 g/mol. The second-order valence-corrected chi connectivity index (χ2v) is 5.15. The molecule has 0 saturated carbocycles. The minimum Gasteiger partial charge on any atom is -0.328 e. The second-order valence-electron chi connectivity index (χ2n) is 5.15. The molecule has 0 aromatic carbocycles. The van der Waals surface area contributed by atoms with E-state index in [4.69, 9.17) is 5.73 Å². The molecule has 2 N–H and O–H groups in total. The Morgan fingerprint density at radius 2 is 1.87 bits per heavy atom. The highest BCUT2D eigenvalue weighted by atomic mass is 15.2. The Bertz CT molecular complexity index is 164. The molecule has 1 saturated heterocycles. The minimum atomic E-state index is 0.305. The van der Waals surface area contributed by atoms with Crippen LogP contribution in [0.15, 0.2) is 0 Å². The van der Waals surface area contributed by atoms with Crippen LogP contribution in [0.4, 0.5) is 0 Å². The summed E-state index contributed by atoms with van der Waals surface area (Å²) in [6.07, 6.45) is 2.78. The summed E-state index contributed by atoms with van der Waals surface area (Å²) in [4.78, 5) is 4.97. The Kier molecular flexibility index (Phi) is 5.58. The smallest absolute Gasteiger partial charge is 0.0109 e. The zero-order valence-corrected chi connectivity index (χ0v) is 10.6. The van der Waals surface area contributed by atoms with Gasteiger partial charge >= 0.3 is 0 Å². The molecule has 1 fully saturated rings. The first-order chi connectivity index (χ1) is 7.09. The standard InChI is InChI=1S/C12H27N3/c1-11(12(2)13)10-14(3)8-9-15-6-4-5-7-15/h11-12H,4-10,13H2,1-3H3. The second kappa shape index (κ2) is 6.46. The lowest BCUT2D eigenvalue weighted by Crippen LogP contribution is -2.38. The molecule has 15 heavy (non-hydrogen) atoms. The maximum absolute atomic E-state index is 5.87. The van der Waals surface area contributed by atoms with E-state index in [1.807, 2.05) is 0 Å². The zero-order chi connectivity index (χ0) is 11.3. The third-order valence-electron chi connectivity index (χ3n) is 3.49. The van der Waals surface area contributed by atoms with E-state index in [1.165, 1.54) is 39.0 Å². The van der Waals surface area contributed by atoms with Gasteiger partial charge in [0.15, 0.2) is 0 Å². The van der Waals surface area contributed by atoms with Crippen molar-refractivity contribution in [2.45, 2.75) is 32.7 Å². The van der Waals surface area contributed by atoms with Crippen LogP contribution in [-0.4, -0.2) is 55.6 Å². The molecule has 0 aromatic heterocycles. The number of rotatable bonds is 6. The van der Waals surface area contributed by atoms with Crippen LogP contribution in [-0.2, 0) is 0 Å².